The van der Waals surface area contributed by atoms with Gasteiger partial charge >= 0.3 is 41.9 Å². The minimum Gasteiger partial charge on any atom is -1.00 e. The first kappa shape index (κ1) is 31.3. The first-order valence-corrected chi connectivity index (χ1v) is 18.7. The van der Waals surface area contributed by atoms with E-state index >= 15 is 0 Å². The van der Waals surface area contributed by atoms with E-state index in [1.54, 1.807) is 51.2 Å². The van der Waals surface area contributed by atoms with E-state index in [9.17, 15) is 0 Å². The van der Waals surface area contributed by atoms with Crippen molar-refractivity contribution in [1.29, 1.82) is 0 Å². The van der Waals surface area contributed by atoms with Crippen LogP contribution in [0.4, 0.5) is 0 Å². The van der Waals surface area contributed by atoms with Crippen LogP contribution < -0.4 is 35.3 Å². The van der Waals surface area contributed by atoms with Gasteiger partial charge in [-0.2, -0.15) is 23.4 Å². The molecule has 0 saturated carbocycles. The van der Waals surface area contributed by atoms with E-state index < -0.39 is 0 Å². The van der Waals surface area contributed by atoms with Gasteiger partial charge < -0.3 is 24.8 Å². The molecule has 2 aromatic rings. The summed E-state index contributed by atoms with van der Waals surface area (Å²) >= 11 is 1.74. The Hall–Kier alpha value is -0.920. The molecule has 0 amide bonds. The van der Waals surface area contributed by atoms with Crippen molar-refractivity contribution in [2.45, 2.75) is 72.9 Å². The fraction of sp³-hybridized carbons (Fsp3) is 0.375. The van der Waals surface area contributed by atoms with Gasteiger partial charge in [0.2, 0.25) is 0 Å². The molecular weight excluding hydrogens is 575 g/mol. The maximum absolute atomic E-state index is 2.48. The quantitative estimate of drug-likeness (QED) is 0.309. The van der Waals surface area contributed by atoms with Crippen molar-refractivity contribution in [3.8, 4) is 0 Å². The Morgan fingerprint density at radius 1 is 0.944 bits per heavy atom. The minimum atomic E-state index is 0. The molecule has 4 aliphatic rings. The Morgan fingerprint density at radius 2 is 1.56 bits per heavy atom. The van der Waals surface area contributed by atoms with Crippen LogP contribution in [0.1, 0.15) is 70.2 Å². The predicted octanol–water partition coefficient (Wildman–Crippen LogP) is 1.04. The third kappa shape index (κ3) is 6.04. The monoisotopic (exact) mass is 610 g/mol. The van der Waals surface area contributed by atoms with Crippen LogP contribution in [0.25, 0.3) is 22.8 Å². The SMILES string of the molecule is CC1=CC=c2c1c1c(c3c2=C(C)[CH-]C3(C)C)CC2=C1CC(C)(C)C=C2.C[Si](C)=[Zr+2].[Cl-].[Cl-].c1cc[cH-]c1. The molecule has 36 heavy (non-hydrogen) atoms. The van der Waals surface area contributed by atoms with E-state index in [4.69, 9.17) is 0 Å². The number of fused-ring (bicyclic) bond motifs is 7. The van der Waals surface area contributed by atoms with E-state index in [0.717, 1.165) is 12.8 Å². The smallest absolute Gasteiger partial charge is 0.172 e. The zero-order chi connectivity index (χ0) is 24.8. The minimum absolute atomic E-state index is 0. The summed E-state index contributed by atoms with van der Waals surface area (Å²) in [7, 11) is 0. The van der Waals surface area contributed by atoms with Crippen molar-refractivity contribution < 1.29 is 48.1 Å². The van der Waals surface area contributed by atoms with Crippen LogP contribution >= 0.6 is 0 Å². The fourth-order valence-corrected chi connectivity index (χ4v) is 5.99. The van der Waals surface area contributed by atoms with Crippen molar-refractivity contribution in [3.05, 3.63) is 93.2 Å². The number of rotatable bonds is 0. The first-order chi connectivity index (χ1) is 15.9. The Kier molecular flexibility index (Phi) is 10.3. The Bertz CT molecular complexity index is 1350. The molecule has 2 aromatic carbocycles. The van der Waals surface area contributed by atoms with Crippen LogP contribution in [0, 0.1) is 11.8 Å². The molecule has 0 nitrogen and oxygen atoms in total. The number of hydrogen-bond donors (Lipinski definition) is 0. The number of hydrogen-bond acceptors (Lipinski definition) is 0. The van der Waals surface area contributed by atoms with E-state index in [-0.39, 0.29) is 41.1 Å². The van der Waals surface area contributed by atoms with Crippen molar-refractivity contribution in [2.24, 2.45) is 5.41 Å². The molecule has 0 heterocycles. The molecule has 0 aliphatic heterocycles. The summed E-state index contributed by atoms with van der Waals surface area (Å²) in [5.41, 5.74) is 13.0. The van der Waals surface area contributed by atoms with Gasteiger partial charge in [0.15, 0.2) is 0 Å². The molecule has 0 bridgehead atoms. The second-order valence-corrected chi connectivity index (χ2v) is 21.0. The van der Waals surface area contributed by atoms with Crippen LogP contribution in [0.5, 0.6) is 0 Å². The molecule has 0 N–H and O–H groups in total. The summed E-state index contributed by atoms with van der Waals surface area (Å²) in [5, 5.41) is 3.00. The molecular formula is C32H38Cl2SiZr-2. The van der Waals surface area contributed by atoms with E-state index in [0.29, 0.717) is 0 Å². The van der Waals surface area contributed by atoms with E-state index in [1.165, 1.54) is 27.1 Å². The Balaban J connectivity index is 0.000000357. The zero-order valence-electron chi connectivity index (χ0n) is 22.9. The average Bonchev–Trinajstić information content (AvgIpc) is 3.49. The van der Waals surface area contributed by atoms with Gasteiger partial charge in [0.05, 0.1) is 0 Å². The summed E-state index contributed by atoms with van der Waals surface area (Å²) in [6.07, 6.45) is 14.3. The summed E-state index contributed by atoms with van der Waals surface area (Å²) < 4.78 is 0. The van der Waals surface area contributed by atoms with Crippen molar-refractivity contribution >= 4 is 28.2 Å². The van der Waals surface area contributed by atoms with Gasteiger partial charge in [0.25, 0.3) is 0 Å². The number of halogens is 2. The fourth-order valence-electron chi connectivity index (χ4n) is 5.99. The first-order valence-electron chi connectivity index (χ1n) is 12.5. The van der Waals surface area contributed by atoms with Crippen molar-refractivity contribution in [1.82, 2.24) is 0 Å². The standard InChI is InChI=1S/C25H27.C5H5.C2H6Si.2ClH.Zr/c1-14-7-8-17-20(14)22-18(23-21(17)15(2)12-25(23,5)6)11-16-9-10-24(3,4)13-19(16)22;1-2-4-5-3-1;1-3-2;;;/h7-10,12H,11,13H2,1-6H3;1-5H;1-2H3;2*1H;/q2*-1;;;;+2/p-2. The zero-order valence-corrected chi connectivity index (χ0v) is 27.9. The molecule has 4 heteroatoms. The summed E-state index contributed by atoms with van der Waals surface area (Å²) in [6.45, 7) is 18.7. The van der Waals surface area contributed by atoms with Crippen LogP contribution in [0.3, 0.4) is 0 Å². The van der Waals surface area contributed by atoms with Crippen LogP contribution in [0.2, 0.25) is 13.1 Å². The molecule has 0 atom stereocenters. The van der Waals surface area contributed by atoms with E-state index in [1.807, 2.05) is 30.3 Å². The topological polar surface area (TPSA) is 0 Å². The third-order valence-electron chi connectivity index (χ3n) is 7.13. The summed E-state index contributed by atoms with van der Waals surface area (Å²) in [5.74, 6) is 0. The van der Waals surface area contributed by atoms with Crippen LogP contribution in [-0.2, 0) is 35.2 Å². The predicted molar refractivity (Wildman–Crippen MR) is 148 cm³/mol. The number of allylic oxidation sites excluding steroid dienone is 6. The second-order valence-electron chi connectivity index (χ2n) is 11.6. The van der Waals surface area contributed by atoms with E-state index in [2.05, 4.69) is 85.4 Å². The van der Waals surface area contributed by atoms with Gasteiger partial charge in [-0.3, -0.25) is 0 Å². The molecule has 0 unspecified atom stereocenters. The molecule has 0 radical (unpaired) electrons. The molecule has 0 spiro atoms. The second kappa shape index (κ2) is 11.9. The molecule has 6 rings (SSSR count). The maximum Gasteiger partial charge on any atom is -0.172 e. The van der Waals surface area contributed by atoms with Gasteiger partial charge in [-0.25, -0.2) is 24.1 Å². The summed E-state index contributed by atoms with van der Waals surface area (Å²) in [4.78, 5) is 0. The van der Waals surface area contributed by atoms with Crippen molar-refractivity contribution in [2.75, 3.05) is 0 Å². The molecule has 4 aliphatic carbocycles. The maximum atomic E-state index is 2.48. The number of benzene rings is 1. The largest absolute Gasteiger partial charge is 1.00 e. The van der Waals surface area contributed by atoms with Gasteiger partial charge in [-0.1, -0.05) is 75.1 Å². The van der Waals surface area contributed by atoms with Gasteiger partial charge in [0, 0.05) is 0 Å². The van der Waals surface area contributed by atoms with Crippen LogP contribution in [0.15, 0.2) is 54.1 Å². The van der Waals surface area contributed by atoms with Gasteiger partial charge in [0.1, 0.15) is 0 Å². The van der Waals surface area contributed by atoms with Crippen molar-refractivity contribution in [3.63, 3.8) is 0 Å². The normalized spacial score (nSPS) is 18.3. The summed E-state index contributed by atoms with van der Waals surface area (Å²) in [6, 6.07) is 10.0. The average molecular weight is 613 g/mol. The third-order valence-corrected chi connectivity index (χ3v) is 7.13. The molecule has 190 valence electrons. The molecule has 0 saturated heterocycles. The molecule has 0 aromatic heterocycles. The molecule has 0 fully saturated rings. The Morgan fingerprint density at radius 3 is 2.11 bits per heavy atom. The van der Waals surface area contributed by atoms with Crippen LogP contribution in [-0.4, -0.2) is 5.43 Å². The Labute approximate surface area is 246 Å². The van der Waals surface area contributed by atoms with Gasteiger partial charge in [-0.15, -0.1) is 5.56 Å². The van der Waals surface area contributed by atoms with Gasteiger partial charge in [-0.05, 0) is 53.0 Å².